The quantitative estimate of drug-likeness (QED) is 0.260. The molecule has 0 aliphatic carbocycles. The fourth-order valence-electron chi connectivity index (χ4n) is 3.78. The van der Waals surface area contributed by atoms with E-state index in [1.165, 1.54) is 71.8 Å². The number of hydrogen-bond acceptors (Lipinski definition) is 2. The first-order valence-electron chi connectivity index (χ1n) is 10.4. The van der Waals surface area contributed by atoms with Crippen molar-refractivity contribution in [1.29, 1.82) is 0 Å². The molecule has 0 nitrogen and oxygen atoms in total. The van der Waals surface area contributed by atoms with Crippen LogP contribution in [0.2, 0.25) is 0 Å². The Morgan fingerprint density at radius 2 is 1.08 bits per heavy atom. The summed E-state index contributed by atoms with van der Waals surface area (Å²) in [6.45, 7) is 9.31. The van der Waals surface area contributed by atoms with Gasteiger partial charge in [-0.2, -0.15) is 0 Å². The zero-order valence-electron chi connectivity index (χ0n) is 16.8. The minimum Gasteiger partial charge on any atom is -0.127 e. The Labute approximate surface area is 185 Å². The minimum absolute atomic E-state index is 0.821. The number of rotatable bonds is 12. The molecule has 0 saturated carbocycles. The van der Waals surface area contributed by atoms with Crippen LogP contribution in [0.4, 0.5) is 0 Å². The molecule has 2 aromatic rings. The summed E-state index contributed by atoms with van der Waals surface area (Å²) in [7, 11) is 0. The summed E-state index contributed by atoms with van der Waals surface area (Å²) in [5.74, 6) is 1.64. The standard InChI is InChI=1S/C22H34Br2S2/c1-5-9-11-15(7-3)13-17-19-20(26-21(17)23)18(22(24)25-19)14-16(8-4)12-10-6-2/h15-16H,5-14H2,1-4H3. The Morgan fingerprint density at radius 1 is 0.692 bits per heavy atom. The van der Waals surface area contributed by atoms with Crippen molar-refractivity contribution in [2.45, 2.75) is 91.9 Å². The highest BCUT2D eigenvalue weighted by atomic mass is 79.9. The smallest absolute Gasteiger partial charge is 0.0751 e. The van der Waals surface area contributed by atoms with E-state index in [9.17, 15) is 0 Å². The number of unbranched alkanes of at least 4 members (excludes halogenated alkanes) is 2. The van der Waals surface area contributed by atoms with Crippen molar-refractivity contribution in [3.05, 3.63) is 18.7 Å². The molecule has 0 N–H and O–H groups in total. The summed E-state index contributed by atoms with van der Waals surface area (Å²) in [5, 5.41) is 0. The zero-order chi connectivity index (χ0) is 19.1. The van der Waals surface area contributed by atoms with Gasteiger partial charge in [-0.3, -0.25) is 0 Å². The van der Waals surface area contributed by atoms with Crippen molar-refractivity contribution < 1.29 is 0 Å². The van der Waals surface area contributed by atoms with Crippen LogP contribution < -0.4 is 0 Å². The van der Waals surface area contributed by atoms with E-state index in [1.54, 1.807) is 20.5 Å². The van der Waals surface area contributed by atoms with E-state index in [0.717, 1.165) is 11.8 Å². The predicted molar refractivity (Wildman–Crippen MR) is 129 cm³/mol. The van der Waals surface area contributed by atoms with Gasteiger partial charge in [-0.15, -0.1) is 22.7 Å². The Morgan fingerprint density at radius 3 is 1.38 bits per heavy atom. The molecule has 0 amide bonds. The molecule has 0 aliphatic rings. The van der Waals surface area contributed by atoms with Crippen LogP contribution in [0.15, 0.2) is 7.57 Å². The number of thiophene rings is 2. The van der Waals surface area contributed by atoms with Crippen LogP contribution in [0.25, 0.3) is 9.40 Å². The molecule has 2 heterocycles. The maximum atomic E-state index is 3.91. The molecule has 0 aromatic carbocycles. The Kier molecular flexibility index (Phi) is 10.2. The van der Waals surface area contributed by atoms with E-state index in [2.05, 4.69) is 59.6 Å². The van der Waals surface area contributed by atoms with Gasteiger partial charge in [0.25, 0.3) is 0 Å². The van der Waals surface area contributed by atoms with E-state index in [-0.39, 0.29) is 0 Å². The normalized spacial score (nSPS) is 14.2. The van der Waals surface area contributed by atoms with Gasteiger partial charge < -0.3 is 0 Å². The van der Waals surface area contributed by atoms with Crippen LogP contribution in [-0.4, -0.2) is 0 Å². The highest BCUT2D eigenvalue weighted by Crippen LogP contribution is 2.47. The molecule has 0 spiro atoms. The summed E-state index contributed by atoms with van der Waals surface area (Å²) in [4.78, 5) is 0. The lowest BCUT2D eigenvalue weighted by Crippen LogP contribution is -2.03. The lowest BCUT2D eigenvalue weighted by atomic mass is 9.92. The SMILES string of the molecule is CCCCC(CC)Cc1c(Br)sc2c(CC(CC)CCCC)c(Br)sc12. The zero-order valence-corrected chi connectivity index (χ0v) is 21.6. The molecule has 2 aromatic heterocycles. The molecule has 0 aliphatic heterocycles. The molecule has 4 heteroatoms. The largest absolute Gasteiger partial charge is 0.127 e. The summed E-state index contributed by atoms with van der Waals surface area (Å²) < 4.78 is 5.85. The molecular weight excluding hydrogens is 488 g/mol. The molecule has 0 bridgehead atoms. The molecule has 148 valence electrons. The summed E-state index contributed by atoms with van der Waals surface area (Å²) in [6, 6.07) is 0. The Bertz CT molecular complexity index is 613. The fraction of sp³-hybridized carbons (Fsp3) is 0.727. The summed E-state index contributed by atoms with van der Waals surface area (Å²) in [5.41, 5.74) is 3.15. The van der Waals surface area contributed by atoms with Crippen molar-refractivity contribution in [2.75, 3.05) is 0 Å². The molecule has 26 heavy (non-hydrogen) atoms. The highest BCUT2D eigenvalue weighted by molar-refractivity contribution is 9.11. The lowest BCUT2D eigenvalue weighted by Gasteiger charge is -2.14. The fourth-order valence-corrected chi connectivity index (χ4v) is 8.14. The van der Waals surface area contributed by atoms with Gasteiger partial charge >= 0.3 is 0 Å². The number of halogens is 2. The van der Waals surface area contributed by atoms with Crippen LogP contribution in [-0.2, 0) is 12.8 Å². The van der Waals surface area contributed by atoms with Crippen LogP contribution >= 0.6 is 54.5 Å². The van der Waals surface area contributed by atoms with Crippen molar-refractivity contribution in [3.63, 3.8) is 0 Å². The molecule has 2 unspecified atom stereocenters. The maximum absolute atomic E-state index is 3.91. The second-order valence-electron chi connectivity index (χ2n) is 7.61. The summed E-state index contributed by atoms with van der Waals surface area (Å²) >= 11 is 11.8. The second-order valence-corrected chi connectivity index (χ2v) is 12.3. The van der Waals surface area contributed by atoms with Crippen LogP contribution in [0.3, 0.4) is 0 Å². The van der Waals surface area contributed by atoms with Gasteiger partial charge in [0.15, 0.2) is 0 Å². The molecule has 0 fully saturated rings. The lowest BCUT2D eigenvalue weighted by molar-refractivity contribution is 0.450. The molecule has 2 atom stereocenters. The van der Waals surface area contributed by atoms with Crippen molar-refractivity contribution in [1.82, 2.24) is 0 Å². The van der Waals surface area contributed by atoms with Gasteiger partial charge in [0.2, 0.25) is 0 Å². The van der Waals surface area contributed by atoms with Crippen LogP contribution in [0.1, 0.15) is 90.2 Å². The van der Waals surface area contributed by atoms with Crippen molar-refractivity contribution in [2.24, 2.45) is 11.8 Å². The third kappa shape index (κ3) is 5.81. The topological polar surface area (TPSA) is 0 Å². The molecule has 0 saturated heterocycles. The molecular formula is C22H34Br2S2. The van der Waals surface area contributed by atoms with Gasteiger partial charge in [-0.25, -0.2) is 0 Å². The maximum Gasteiger partial charge on any atom is 0.0751 e. The highest BCUT2D eigenvalue weighted by Gasteiger charge is 2.22. The first kappa shape index (κ1) is 22.9. The first-order chi connectivity index (χ1) is 12.5. The number of fused-ring (bicyclic) bond motifs is 1. The Balaban J connectivity index is 2.25. The van der Waals surface area contributed by atoms with E-state index in [4.69, 9.17) is 0 Å². The van der Waals surface area contributed by atoms with Gasteiger partial charge in [0.1, 0.15) is 0 Å². The third-order valence-electron chi connectivity index (χ3n) is 5.68. The van der Waals surface area contributed by atoms with Crippen molar-refractivity contribution >= 4 is 63.9 Å². The predicted octanol–water partition coefficient (Wildman–Crippen LogP) is 10.0. The second kappa shape index (κ2) is 11.6. The average molecular weight is 522 g/mol. The van der Waals surface area contributed by atoms with E-state index >= 15 is 0 Å². The first-order valence-corrected chi connectivity index (χ1v) is 13.6. The summed E-state index contributed by atoms with van der Waals surface area (Å²) in [6.07, 6.45) is 13.1. The van der Waals surface area contributed by atoms with Crippen LogP contribution in [0.5, 0.6) is 0 Å². The molecule has 2 rings (SSSR count). The average Bonchev–Trinajstić information content (AvgIpc) is 3.09. The van der Waals surface area contributed by atoms with E-state index in [1.807, 2.05) is 22.7 Å². The van der Waals surface area contributed by atoms with Gasteiger partial charge in [0.05, 0.1) is 17.0 Å². The van der Waals surface area contributed by atoms with Gasteiger partial charge in [-0.05, 0) is 67.7 Å². The van der Waals surface area contributed by atoms with E-state index in [0.29, 0.717) is 0 Å². The number of hydrogen-bond donors (Lipinski definition) is 0. The molecule has 0 radical (unpaired) electrons. The van der Waals surface area contributed by atoms with Crippen LogP contribution in [0, 0.1) is 11.8 Å². The minimum atomic E-state index is 0.821. The monoisotopic (exact) mass is 520 g/mol. The van der Waals surface area contributed by atoms with Gasteiger partial charge in [-0.1, -0.05) is 79.1 Å². The Hall–Kier alpha value is 0.620. The third-order valence-corrected chi connectivity index (χ3v) is 9.90. The van der Waals surface area contributed by atoms with Gasteiger partial charge in [0, 0.05) is 0 Å². The van der Waals surface area contributed by atoms with Crippen molar-refractivity contribution in [3.8, 4) is 0 Å². The van der Waals surface area contributed by atoms with E-state index < -0.39 is 0 Å².